The van der Waals surface area contributed by atoms with Gasteiger partial charge in [-0.1, -0.05) is 74.7 Å². The van der Waals surface area contributed by atoms with Crippen molar-refractivity contribution in [2.24, 2.45) is 0 Å². The first-order valence-electron chi connectivity index (χ1n) is 49.1. The summed E-state index contributed by atoms with van der Waals surface area (Å²) in [6, 6.07) is 0.122. The first kappa shape index (κ1) is 111. The Morgan fingerprint density at radius 1 is 0.236 bits per heavy atom. The molecule has 8 atom stereocenters. The van der Waals surface area contributed by atoms with Gasteiger partial charge in [0.2, 0.25) is 0 Å². The second-order valence-corrected chi connectivity index (χ2v) is 35.1. The Balaban J connectivity index is 0.000000179. The highest BCUT2D eigenvalue weighted by Gasteiger charge is 2.20. The van der Waals surface area contributed by atoms with E-state index in [1.165, 1.54) is 50.6 Å². The second-order valence-electron chi connectivity index (χ2n) is 35.1. The Hall–Kier alpha value is -13.0. The smallest absolute Gasteiger partial charge is 0.275 e. The van der Waals surface area contributed by atoms with Crippen molar-refractivity contribution in [3.05, 3.63) is 228 Å². The van der Waals surface area contributed by atoms with E-state index in [1.807, 2.05) is 85.0 Å². The number of nitrogens with zero attached hydrogens (tertiary/aromatic N) is 9. The fourth-order valence-corrected chi connectivity index (χ4v) is 16.4. The number of fused-ring (bicyclic) bond motifs is 8. The van der Waals surface area contributed by atoms with E-state index in [4.69, 9.17) is 0 Å². The lowest BCUT2D eigenvalue weighted by Crippen LogP contribution is -2.33. The van der Waals surface area contributed by atoms with Crippen molar-refractivity contribution < 1.29 is 40.9 Å². The number of aromatic nitrogens is 24. The van der Waals surface area contributed by atoms with Crippen LogP contribution in [0.4, 0.5) is 0 Å². The van der Waals surface area contributed by atoms with Gasteiger partial charge in [0.1, 0.15) is 44.1 Å². The minimum atomic E-state index is -0.225. The van der Waals surface area contributed by atoms with E-state index in [2.05, 4.69) is 145 Å². The van der Waals surface area contributed by atoms with Crippen LogP contribution in [0.3, 0.4) is 0 Å². The quantitative estimate of drug-likeness (QED) is 0.0169. The zero-order valence-corrected chi connectivity index (χ0v) is 81.8. The summed E-state index contributed by atoms with van der Waals surface area (Å²) in [6.45, 7) is 16.9. The van der Waals surface area contributed by atoms with Crippen molar-refractivity contribution in [2.45, 2.75) is 316 Å². The Morgan fingerprint density at radius 2 is 0.400 bits per heavy atom. The van der Waals surface area contributed by atoms with Crippen LogP contribution in [0.1, 0.15) is 260 Å². The molecule has 0 spiro atoms. The molecule has 0 aliphatic carbocycles. The van der Waals surface area contributed by atoms with Gasteiger partial charge in [-0.15, -0.1) is 0 Å². The Morgan fingerprint density at radius 3 is 0.557 bits per heavy atom. The molecule has 0 aliphatic rings. The average molecular weight is 1940 g/mol. The highest BCUT2D eigenvalue weighted by molar-refractivity contribution is 5.82. The van der Waals surface area contributed by atoms with Gasteiger partial charge in [-0.3, -0.25) is 43.3 Å². The van der Waals surface area contributed by atoms with Crippen LogP contribution in [-0.4, -0.2) is 228 Å². The molecule has 16 aromatic rings. The van der Waals surface area contributed by atoms with Gasteiger partial charge >= 0.3 is 0 Å². The molecular formula is C99H143N25O16. The van der Waals surface area contributed by atoms with E-state index in [1.54, 1.807) is 6.20 Å². The Bertz CT molecular complexity index is 6210. The molecule has 0 radical (unpaired) electrons. The lowest BCUT2D eigenvalue weighted by Gasteiger charge is -2.24. The zero-order chi connectivity index (χ0) is 101. The van der Waals surface area contributed by atoms with E-state index in [9.17, 15) is 79.2 Å². The molecule has 7 unspecified atom stereocenters. The van der Waals surface area contributed by atoms with Gasteiger partial charge in [-0.25, -0.2) is 39.9 Å². The third-order valence-corrected chi connectivity index (χ3v) is 24.7. The number of aliphatic hydroxyl groups excluding tert-OH is 8. The predicted octanol–water partition coefficient (Wildman–Crippen LogP) is 11.0. The maximum Gasteiger partial charge on any atom is 0.275 e. The molecule has 0 bridgehead atoms. The minimum absolute atomic E-state index is 0.122. The number of aromatic amines is 16. The van der Waals surface area contributed by atoms with Crippen LogP contribution in [-0.2, 0) is 51.5 Å². The number of likely N-dealkylation sites (N-methyl/N-ethyl adjacent to an activating group) is 1. The van der Waals surface area contributed by atoms with Gasteiger partial charge in [0.25, 0.3) is 44.5 Å². The lowest BCUT2D eigenvalue weighted by atomic mass is 10.0. The maximum atomic E-state index is 11.5. The molecule has 24 N–H and O–H groups in total. The van der Waals surface area contributed by atoms with Crippen LogP contribution in [0.5, 0.6) is 0 Å². The maximum absolute atomic E-state index is 11.5. The van der Waals surface area contributed by atoms with Crippen LogP contribution in [0.2, 0.25) is 0 Å². The highest BCUT2D eigenvalue weighted by atomic mass is 16.3. The number of hydrogen-bond donors (Lipinski definition) is 24. The largest absolute Gasteiger partial charge is 0.395 e. The van der Waals surface area contributed by atoms with E-state index in [0.29, 0.717) is 56.2 Å². The van der Waals surface area contributed by atoms with E-state index in [0.717, 1.165) is 289 Å². The average Bonchev–Trinajstić information content (AvgIpc) is 1.68. The summed E-state index contributed by atoms with van der Waals surface area (Å²) >= 11 is 0. The van der Waals surface area contributed by atoms with Gasteiger partial charge in [-0.2, -0.15) is 0 Å². The summed E-state index contributed by atoms with van der Waals surface area (Å²) in [5.74, 6) is 0. The van der Waals surface area contributed by atoms with Crippen molar-refractivity contribution in [2.75, 3.05) is 13.7 Å². The van der Waals surface area contributed by atoms with Gasteiger partial charge in [0.15, 0.2) is 0 Å². The summed E-state index contributed by atoms with van der Waals surface area (Å²) < 4.78 is 0. The van der Waals surface area contributed by atoms with E-state index < -0.39 is 0 Å². The summed E-state index contributed by atoms with van der Waals surface area (Å²) in [5, 5.41) is 76.1. The van der Waals surface area contributed by atoms with Crippen LogP contribution in [0, 0.1) is 0 Å². The molecule has 0 fully saturated rings. The minimum Gasteiger partial charge on any atom is -0.395 e. The van der Waals surface area contributed by atoms with E-state index >= 15 is 0 Å². The first-order valence-corrected chi connectivity index (χ1v) is 49.1. The van der Waals surface area contributed by atoms with Crippen LogP contribution < -0.4 is 44.5 Å². The standard InChI is InChI=1S/3C13H19N3O2.C12H18N4O2.4C12H17N3O2/c3*1-2-4-10(17)6-3-5-9-7-14-12-11(9)15-8-16-13(12)18;1-3-9(6-17)16(2)5-8-4-13-11-10(8)14-7-15-12(11)18;4*1-2-9(16)5-3-4-8-6-13-11-10(8)14-7-15-12(11)17/h3*7-8,10,14,17H,2-6H2,1H3,(H,15,16,18);4,7,9,13,17H,3,5-6H2,1-2H3,(H,14,15,18);4*6-7,9,13,16H,2-5H2,1H3,(H,14,15,17)/t;;;9-;;;;/m...1..../s1. The molecule has 0 amide bonds. The SMILES string of the molecule is CCC(O)CCCc1c[nH]c2c(=O)[nH]cnc12.CCC(O)CCCc1c[nH]c2c(=O)[nH]cnc12.CCC(O)CCCc1c[nH]c2c(=O)[nH]cnc12.CCC(O)CCCc1c[nH]c2c(=O)[nH]cnc12.CCCC(O)CCCc1c[nH]c2c(=O)[nH]cnc12.CCCC(O)CCCc1c[nH]c2c(=O)[nH]cnc12.CCCC(O)CCCc1c[nH]c2c(=O)[nH]cnc12.CC[C@H](CO)N(C)Cc1c[nH]c2c(=O)[nH]cnc12. The van der Waals surface area contributed by atoms with Gasteiger partial charge in [0, 0.05) is 67.7 Å². The topological polar surface area (TPSA) is 657 Å². The number of hydrogen-bond acceptors (Lipinski definition) is 25. The number of rotatable bonds is 43. The molecule has 41 heteroatoms. The lowest BCUT2D eigenvalue weighted by molar-refractivity contribution is 0.138. The molecule has 16 rings (SSSR count). The molecule has 0 saturated carbocycles. The Labute approximate surface area is 807 Å². The molecule has 760 valence electrons. The van der Waals surface area contributed by atoms with Gasteiger partial charge < -0.3 is 121 Å². The van der Waals surface area contributed by atoms with Gasteiger partial charge in [0.05, 0.1) is 144 Å². The molecule has 140 heavy (non-hydrogen) atoms. The number of H-pyrrole nitrogens is 16. The molecule has 0 aliphatic heterocycles. The van der Waals surface area contributed by atoms with Crippen molar-refractivity contribution in [3.8, 4) is 0 Å². The monoisotopic (exact) mass is 1940 g/mol. The van der Waals surface area contributed by atoms with Crippen LogP contribution >= 0.6 is 0 Å². The Kier molecular flexibility index (Phi) is 46.0. The fourth-order valence-electron chi connectivity index (χ4n) is 16.4. The third-order valence-electron chi connectivity index (χ3n) is 24.7. The predicted molar refractivity (Wildman–Crippen MR) is 545 cm³/mol. The summed E-state index contributed by atoms with van der Waals surface area (Å²) in [4.78, 5) is 171. The normalized spacial score (nSPS) is 13.1. The van der Waals surface area contributed by atoms with Crippen LogP contribution in [0.15, 0.2) is 139 Å². The molecule has 16 aromatic heterocycles. The second kappa shape index (κ2) is 58.2. The summed E-state index contributed by atoms with van der Waals surface area (Å²) in [5.41, 5.74) is 17.1. The zero-order valence-electron chi connectivity index (χ0n) is 81.8. The van der Waals surface area contributed by atoms with Gasteiger partial charge in [-0.05, 0) is 232 Å². The van der Waals surface area contributed by atoms with Crippen LogP contribution in [0.25, 0.3) is 88.3 Å². The molecule has 41 nitrogen and oxygen atoms in total. The number of nitrogens with one attached hydrogen (secondary N) is 16. The number of aliphatic hydroxyl groups is 8. The summed E-state index contributed by atoms with van der Waals surface area (Å²) in [7, 11) is 1.95. The summed E-state index contributed by atoms with van der Waals surface area (Å²) in [6.07, 6.45) is 51.6. The first-order chi connectivity index (χ1) is 67.7. The molecule has 0 aromatic carbocycles. The van der Waals surface area contributed by atoms with E-state index in [-0.39, 0.29) is 99.9 Å². The van der Waals surface area contributed by atoms with Crippen molar-refractivity contribution in [3.63, 3.8) is 0 Å². The highest BCUT2D eigenvalue weighted by Crippen LogP contribution is 2.24. The molecule has 0 saturated heterocycles. The third kappa shape index (κ3) is 32.8. The van der Waals surface area contributed by atoms with Crippen molar-refractivity contribution in [1.82, 2.24) is 125 Å². The molecule has 16 heterocycles. The van der Waals surface area contributed by atoms with Crippen molar-refractivity contribution >= 4 is 88.3 Å². The fraction of sp³-hybridized carbons (Fsp3) is 0.515. The molecular weight excluding hydrogens is 1800 g/mol. The van der Waals surface area contributed by atoms with Crippen molar-refractivity contribution in [1.29, 1.82) is 0 Å². The number of aryl methyl sites for hydroxylation is 7.